The van der Waals surface area contributed by atoms with Gasteiger partial charge < -0.3 is 15.2 Å². The smallest absolute Gasteiger partial charge is 0.194 e. The molecule has 0 fully saturated rings. The lowest BCUT2D eigenvalue weighted by molar-refractivity contribution is 0.000195. The van der Waals surface area contributed by atoms with Crippen molar-refractivity contribution in [1.82, 2.24) is 15.0 Å². The van der Waals surface area contributed by atoms with Crippen molar-refractivity contribution in [3.63, 3.8) is 0 Å². The number of para-hydroxylation sites is 2. The van der Waals surface area contributed by atoms with E-state index in [1.54, 1.807) is 6.92 Å². The normalized spacial score (nSPS) is 16.8. The van der Waals surface area contributed by atoms with Crippen LogP contribution in [0.1, 0.15) is 30.6 Å². The zero-order valence-electron chi connectivity index (χ0n) is 15.2. The van der Waals surface area contributed by atoms with Crippen LogP contribution in [0.15, 0.2) is 46.9 Å². The largest absolute Gasteiger partial charge is 0.463 e. The van der Waals surface area contributed by atoms with Gasteiger partial charge in [-0.3, -0.25) is 0 Å². The average molecular weight is 429 g/mol. The SMILES string of the molecule is Cc1nnn2c1-c1ccc(Br)cc1C(Nc1ccccc1OC(C)O)CC2. The summed E-state index contributed by atoms with van der Waals surface area (Å²) in [6, 6.07) is 14.0. The molecule has 3 aromatic rings. The van der Waals surface area contributed by atoms with Crippen LogP contribution in [-0.4, -0.2) is 26.4 Å². The second-order valence-electron chi connectivity index (χ2n) is 6.68. The van der Waals surface area contributed by atoms with Crippen molar-refractivity contribution < 1.29 is 9.84 Å². The number of aliphatic hydroxyl groups is 1. The number of benzene rings is 2. The molecule has 2 atom stereocenters. The Hall–Kier alpha value is -2.38. The molecule has 0 amide bonds. The fraction of sp³-hybridized carbons (Fsp3) is 0.300. The van der Waals surface area contributed by atoms with Gasteiger partial charge in [-0.25, -0.2) is 4.68 Å². The number of aliphatic hydroxyl groups excluding tert-OH is 1. The molecule has 0 saturated carbocycles. The van der Waals surface area contributed by atoms with Crippen molar-refractivity contribution in [2.75, 3.05) is 5.32 Å². The molecule has 27 heavy (non-hydrogen) atoms. The van der Waals surface area contributed by atoms with Gasteiger partial charge in [0.2, 0.25) is 0 Å². The molecule has 1 aliphatic heterocycles. The third kappa shape index (κ3) is 3.57. The molecule has 1 aromatic heterocycles. The molecule has 140 valence electrons. The van der Waals surface area contributed by atoms with Gasteiger partial charge in [-0.1, -0.05) is 39.3 Å². The molecule has 0 bridgehead atoms. The number of hydrogen-bond acceptors (Lipinski definition) is 5. The van der Waals surface area contributed by atoms with Crippen LogP contribution in [-0.2, 0) is 6.54 Å². The molecule has 7 heteroatoms. The summed E-state index contributed by atoms with van der Waals surface area (Å²) < 4.78 is 8.55. The first kappa shape index (κ1) is 18.0. The predicted octanol–water partition coefficient (Wildman–Crippen LogP) is 4.29. The summed E-state index contributed by atoms with van der Waals surface area (Å²) in [6.45, 7) is 4.35. The number of hydrogen-bond donors (Lipinski definition) is 2. The Morgan fingerprint density at radius 2 is 2.11 bits per heavy atom. The van der Waals surface area contributed by atoms with Crippen LogP contribution in [0.4, 0.5) is 5.69 Å². The molecule has 0 saturated heterocycles. The number of aryl methyl sites for hydroxylation is 2. The van der Waals surface area contributed by atoms with Gasteiger partial charge in [-0.05, 0) is 50.1 Å². The van der Waals surface area contributed by atoms with Gasteiger partial charge in [0.1, 0.15) is 5.75 Å². The van der Waals surface area contributed by atoms with Crippen LogP contribution >= 0.6 is 15.9 Å². The zero-order chi connectivity index (χ0) is 19.0. The van der Waals surface area contributed by atoms with Crippen molar-refractivity contribution in [2.24, 2.45) is 0 Å². The van der Waals surface area contributed by atoms with Gasteiger partial charge in [-0.15, -0.1) is 5.10 Å². The summed E-state index contributed by atoms with van der Waals surface area (Å²) >= 11 is 3.60. The second kappa shape index (κ2) is 7.32. The van der Waals surface area contributed by atoms with E-state index in [1.807, 2.05) is 41.9 Å². The number of nitrogens with one attached hydrogen (secondary N) is 1. The fourth-order valence-electron chi connectivity index (χ4n) is 3.54. The summed E-state index contributed by atoms with van der Waals surface area (Å²) in [7, 11) is 0. The van der Waals surface area contributed by atoms with E-state index >= 15 is 0 Å². The van der Waals surface area contributed by atoms with Crippen molar-refractivity contribution in [3.05, 3.63) is 58.2 Å². The molecular formula is C20H21BrN4O2. The van der Waals surface area contributed by atoms with E-state index in [2.05, 4.69) is 43.7 Å². The molecule has 0 aliphatic carbocycles. The Labute approximate surface area is 166 Å². The van der Waals surface area contributed by atoms with Crippen LogP contribution in [0.2, 0.25) is 0 Å². The van der Waals surface area contributed by atoms with E-state index < -0.39 is 6.29 Å². The monoisotopic (exact) mass is 428 g/mol. The average Bonchev–Trinajstić information content (AvgIpc) is 2.92. The highest BCUT2D eigenvalue weighted by molar-refractivity contribution is 9.10. The Morgan fingerprint density at radius 1 is 1.30 bits per heavy atom. The van der Waals surface area contributed by atoms with E-state index in [4.69, 9.17) is 4.74 Å². The van der Waals surface area contributed by atoms with E-state index in [0.717, 1.165) is 40.1 Å². The lowest BCUT2D eigenvalue weighted by Crippen LogP contribution is -2.15. The number of fused-ring (bicyclic) bond motifs is 3. The molecule has 6 nitrogen and oxygen atoms in total. The van der Waals surface area contributed by atoms with Crippen LogP contribution in [0.5, 0.6) is 5.75 Å². The molecular weight excluding hydrogens is 408 g/mol. The zero-order valence-corrected chi connectivity index (χ0v) is 16.8. The van der Waals surface area contributed by atoms with E-state index in [9.17, 15) is 5.11 Å². The number of aromatic nitrogens is 3. The predicted molar refractivity (Wildman–Crippen MR) is 108 cm³/mol. The van der Waals surface area contributed by atoms with Crippen molar-refractivity contribution >= 4 is 21.6 Å². The van der Waals surface area contributed by atoms with Gasteiger partial charge in [0, 0.05) is 16.6 Å². The number of nitrogens with zero attached hydrogens (tertiary/aromatic N) is 3. The highest BCUT2D eigenvalue weighted by atomic mass is 79.9. The Kier molecular flexibility index (Phi) is 4.88. The summed E-state index contributed by atoms with van der Waals surface area (Å²) in [6.07, 6.45) is -0.0235. The lowest BCUT2D eigenvalue weighted by Gasteiger charge is -2.23. The standard InChI is InChI=1S/C20H21BrN4O2/c1-12-20-15-8-7-14(21)11-16(15)17(9-10-25(20)24-23-12)22-18-5-3-4-6-19(18)27-13(2)26/h3-8,11,13,17,22,26H,9-10H2,1-2H3. The maximum absolute atomic E-state index is 9.62. The summed E-state index contributed by atoms with van der Waals surface area (Å²) in [5.41, 5.74) is 5.15. The molecule has 2 heterocycles. The maximum atomic E-state index is 9.62. The molecule has 2 aromatic carbocycles. The highest BCUT2D eigenvalue weighted by Gasteiger charge is 2.26. The van der Waals surface area contributed by atoms with Crippen LogP contribution in [0.25, 0.3) is 11.3 Å². The minimum absolute atomic E-state index is 0.0670. The van der Waals surface area contributed by atoms with Gasteiger partial charge in [0.05, 0.1) is 23.1 Å². The number of ether oxygens (including phenoxy) is 1. The molecule has 0 radical (unpaired) electrons. The first-order chi connectivity index (χ1) is 13.0. The highest BCUT2D eigenvalue weighted by Crippen LogP contribution is 2.39. The minimum atomic E-state index is -0.873. The van der Waals surface area contributed by atoms with E-state index in [-0.39, 0.29) is 6.04 Å². The summed E-state index contributed by atoms with van der Waals surface area (Å²) in [5, 5.41) is 21.8. The number of halogens is 1. The van der Waals surface area contributed by atoms with E-state index in [1.165, 1.54) is 5.56 Å². The molecule has 0 spiro atoms. The first-order valence-electron chi connectivity index (χ1n) is 8.93. The third-order valence-electron chi connectivity index (χ3n) is 4.69. The third-order valence-corrected chi connectivity index (χ3v) is 5.18. The van der Waals surface area contributed by atoms with Crippen molar-refractivity contribution in [3.8, 4) is 17.0 Å². The van der Waals surface area contributed by atoms with Crippen LogP contribution < -0.4 is 10.1 Å². The van der Waals surface area contributed by atoms with Gasteiger partial charge in [0.25, 0.3) is 0 Å². The first-order valence-corrected chi connectivity index (χ1v) is 9.72. The Morgan fingerprint density at radius 3 is 2.93 bits per heavy atom. The van der Waals surface area contributed by atoms with Gasteiger partial charge in [0.15, 0.2) is 6.29 Å². The lowest BCUT2D eigenvalue weighted by atomic mass is 9.96. The van der Waals surface area contributed by atoms with Crippen LogP contribution in [0.3, 0.4) is 0 Å². The Balaban J connectivity index is 1.75. The minimum Gasteiger partial charge on any atom is -0.463 e. The quantitative estimate of drug-likeness (QED) is 0.606. The molecule has 1 aliphatic rings. The number of rotatable bonds is 4. The van der Waals surface area contributed by atoms with Crippen molar-refractivity contribution in [1.29, 1.82) is 0 Å². The van der Waals surface area contributed by atoms with Crippen LogP contribution in [0, 0.1) is 6.92 Å². The fourth-order valence-corrected chi connectivity index (χ4v) is 3.92. The molecule has 2 N–H and O–H groups in total. The number of anilines is 1. The van der Waals surface area contributed by atoms with E-state index in [0.29, 0.717) is 5.75 Å². The van der Waals surface area contributed by atoms with Crippen molar-refractivity contribution in [2.45, 2.75) is 39.1 Å². The summed E-state index contributed by atoms with van der Waals surface area (Å²) in [4.78, 5) is 0. The second-order valence-corrected chi connectivity index (χ2v) is 7.59. The van der Waals surface area contributed by atoms with Gasteiger partial charge >= 0.3 is 0 Å². The Bertz CT molecular complexity index is 970. The molecule has 2 unspecified atom stereocenters. The molecule has 4 rings (SSSR count). The maximum Gasteiger partial charge on any atom is 0.194 e. The van der Waals surface area contributed by atoms with Gasteiger partial charge in [-0.2, -0.15) is 0 Å². The topological polar surface area (TPSA) is 72.2 Å². The summed E-state index contributed by atoms with van der Waals surface area (Å²) in [5.74, 6) is 0.629.